The third-order valence-electron chi connectivity index (χ3n) is 4.81. The molecule has 0 aliphatic rings. The molecule has 0 atom stereocenters. The number of rotatable bonds is 4. The van der Waals surface area contributed by atoms with E-state index in [9.17, 15) is 4.39 Å². The second-order valence-electron chi connectivity index (χ2n) is 6.70. The summed E-state index contributed by atoms with van der Waals surface area (Å²) in [6.45, 7) is 0.241. The van der Waals surface area contributed by atoms with E-state index in [0.29, 0.717) is 28.5 Å². The summed E-state index contributed by atoms with van der Waals surface area (Å²) in [7, 11) is 0. The van der Waals surface area contributed by atoms with E-state index in [0.717, 1.165) is 16.5 Å². The van der Waals surface area contributed by atoms with E-state index in [1.165, 1.54) is 6.07 Å². The maximum Gasteiger partial charge on any atom is 0.182 e. The van der Waals surface area contributed by atoms with Crippen molar-refractivity contribution in [3.63, 3.8) is 0 Å². The van der Waals surface area contributed by atoms with Crippen molar-refractivity contribution < 1.29 is 4.39 Å². The smallest absolute Gasteiger partial charge is 0.182 e. The Labute approximate surface area is 178 Å². The lowest BCUT2D eigenvalue weighted by atomic mass is 10.1. The molecule has 5 rings (SSSR count). The number of nitrogens with two attached hydrogens (primary N) is 1. The fraction of sp³-hybridized carbons (Fsp3) is 0.0870. The van der Waals surface area contributed by atoms with Gasteiger partial charge in [0, 0.05) is 35.9 Å². The van der Waals surface area contributed by atoms with Gasteiger partial charge in [0.05, 0.1) is 11.9 Å². The Morgan fingerprint density at radius 2 is 1.74 bits per heavy atom. The topological polar surface area (TPSA) is 95.4 Å². The minimum Gasteiger partial charge on any atom is -0.383 e. The second kappa shape index (κ2) is 8.27. The Kier molecular flexibility index (Phi) is 5.36. The number of hydrogen-bond acceptors (Lipinski definition) is 6. The van der Waals surface area contributed by atoms with Gasteiger partial charge in [-0.1, -0.05) is 25.6 Å². The lowest BCUT2D eigenvalue weighted by Gasteiger charge is -2.06. The molecule has 154 valence electrons. The summed E-state index contributed by atoms with van der Waals surface area (Å²) < 4.78 is 15.8. The molecule has 0 aliphatic heterocycles. The maximum absolute atomic E-state index is 14.2. The molecule has 0 amide bonds. The summed E-state index contributed by atoms with van der Waals surface area (Å²) in [6.07, 6.45) is 6.72. The van der Waals surface area contributed by atoms with Gasteiger partial charge in [0.2, 0.25) is 0 Å². The molecule has 0 fully saturated rings. The number of aromatic nitrogens is 6. The van der Waals surface area contributed by atoms with Gasteiger partial charge in [0.1, 0.15) is 17.3 Å². The lowest BCUT2D eigenvalue weighted by molar-refractivity contribution is 0.589. The standard InChI is InChI=1S/C22H16FN7.CH4/c23-18-6-2-1-4-15(18)13-30-22-16(5-3-9-26-22)19(29-30)21-27-12-17(20(24)28-21)14-7-10-25-11-8-14;/h1-12H,13H2,(H2,24,27,28);1H4. The molecule has 0 radical (unpaired) electrons. The second-order valence-corrected chi connectivity index (χ2v) is 6.70. The van der Waals surface area contributed by atoms with E-state index in [1.54, 1.807) is 47.7 Å². The molecule has 4 aromatic heterocycles. The van der Waals surface area contributed by atoms with Crippen molar-refractivity contribution in [1.29, 1.82) is 0 Å². The number of pyridine rings is 2. The van der Waals surface area contributed by atoms with Crippen LogP contribution in [0.15, 0.2) is 73.3 Å². The molecule has 0 unspecified atom stereocenters. The third kappa shape index (κ3) is 3.71. The zero-order valence-corrected chi connectivity index (χ0v) is 15.8. The number of nitrogen functional groups attached to an aromatic ring is 1. The minimum atomic E-state index is -0.291. The number of anilines is 1. The number of halogens is 1. The maximum atomic E-state index is 14.2. The van der Waals surface area contributed by atoms with Gasteiger partial charge in [-0.15, -0.1) is 0 Å². The summed E-state index contributed by atoms with van der Waals surface area (Å²) in [4.78, 5) is 17.4. The Morgan fingerprint density at radius 1 is 0.935 bits per heavy atom. The molecule has 31 heavy (non-hydrogen) atoms. The van der Waals surface area contributed by atoms with Crippen molar-refractivity contribution in [2.45, 2.75) is 14.0 Å². The van der Waals surface area contributed by atoms with E-state index < -0.39 is 0 Å². The fourth-order valence-corrected chi connectivity index (χ4v) is 3.34. The van der Waals surface area contributed by atoms with Crippen LogP contribution in [0, 0.1) is 5.82 Å². The molecule has 4 heterocycles. The Morgan fingerprint density at radius 3 is 2.52 bits per heavy atom. The molecule has 0 saturated heterocycles. The van der Waals surface area contributed by atoms with Crippen LogP contribution in [0.1, 0.15) is 13.0 Å². The number of nitrogens with zero attached hydrogens (tertiary/aromatic N) is 6. The molecular formula is C23H20FN7. The zero-order chi connectivity index (χ0) is 20.5. The molecule has 5 aromatic rings. The Balaban J connectivity index is 0.00000231. The van der Waals surface area contributed by atoms with Crippen molar-refractivity contribution in [2.24, 2.45) is 0 Å². The highest BCUT2D eigenvalue weighted by Gasteiger charge is 2.18. The van der Waals surface area contributed by atoms with Gasteiger partial charge in [0.25, 0.3) is 0 Å². The summed E-state index contributed by atoms with van der Waals surface area (Å²) >= 11 is 0. The molecule has 0 aliphatic carbocycles. The van der Waals surface area contributed by atoms with Crippen LogP contribution in [0.25, 0.3) is 33.7 Å². The molecule has 7 nitrogen and oxygen atoms in total. The number of benzene rings is 1. The van der Waals surface area contributed by atoms with Gasteiger partial charge in [-0.05, 0) is 35.9 Å². The van der Waals surface area contributed by atoms with Crippen molar-refractivity contribution in [3.8, 4) is 22.6 Å². The summed E-state index contributed by atoms with van der Waals surface area (Å²) in [6, 6.07) is 14.0. The molecule has 0 spiro atoms. The number of hydrogen-bond donors (Lipinski definition) is 1. The first-order valence-corrected chi connectivity index (χ1v) is 9.29. The highest BCUT2D eigenvalue weighted by molar-refractivity contribution is 5.89. The van der Waals surface area contributed by atoms with Crippen LogP contribution >= 0.6 is 0 Å². The molecule has 8 heteroatoms. The van der Waals surface area contributed by atoms with E-state index in [-0.39, 0.29) is 19.8 Å². The van der Waals surface area contributed by atoms with Gasteiger partial charge in [0.15, 0.2) is 11.5 Å². The van der Waals surface area contributed by atoms with Crippen molar-refractivity contribution >= 4 is 16.9 Å². The molecule has 0 saturated carbocycles. The van der Waals surface area contributed by atoms with E-state index in [1.807, 2.05) is 24.3 Å². The average Bonchev–Trinajstić information content (AvgIpc) is 3.14. The first kappa shape index (κ1) is 20.1. The largest absolute Gasteiger partial charge is 0.383 e. The SMILES string of the molecule is C.Nc1nc(-c2nn(Cc3ccccc3F)c3ncccc23)ncc1-c1ccncc1. The Hall–Kier alpha value is -4.20. The van der Waals surface area contributed by atoms with Crippen molar-refractivity contribution in [1.82, 2.24) is 29.7 Å². The fourth-order valence-electron chi connectivity index (χ4n) is 3.34. The Bertz CT molecular complexity index is 1350. The van der Waals surface area contributed by atoms with Crippen LogP contribution < -0.4 is 5.73 Å². The molecule has 1 aromatic carbocycles. The van der Waals surface area contributed by atoms with Crippen LogP contribution in [0.5, 0.6) is 0 Å². The molecular weight excluding hydrogens is 393 g/mol. The third-order valence-corrected chi connectivity index (χ3v) is 4.81. The summed E-state index contributed by atoms with van der Waals surface area (Å²) in [5.74, 6) is 0.434. The van der Waals surface area contributed by atoms with Gasteiger partial charge in [-0.3, -0.25) is 4.98 Å². The van der Waals surface area contributed by atoms with Crippen molar-refractivity contribution in [3.05, 3.63) is 84.7 Å². The van der Waals surface area contributed by atoms with Crippen molar-refractivity contribution in [2.75, 3.05) is 5.73 Å². The normalized spacial score (nSPS) is 10.7. The average molecular weight is 413 g/mol. The summed E-state index contributed by atoms with van der Waals surface area (Å²) in [5.41, 5.74) is 9.50. The van der Waals surface area contributed by atoms with Gasteiger partial charge >= 0.3 is 0 Å². The summed E-state index contributed by atoms with van der Waals surface area (Å²) in [5, 5.41) is 5.40. The highest BCUT2D eigenvalue weighted by atomic mass is 19.1. The van der Waals surface area contributed by atoms with Gasteiger partial charge < -0.3 is 5.73 Å². The first-order valence-electron chi connectivity index (χ1n) is 9.29. The quantitative estimate of drug-likeness (QED) is 0.470. The van der Waals surface area contributed by atoms with E-state index >= 15 is 0 Å². The first-order chi connectivity index (χ1) is 14.7. The van der Waals surface area contributed by atoms with E-state index in [2.05, 4.69) is 25.0 Å². The number of fused-ring (bicyclic) bond motifs is 1. The van der Waals surface area contributed by atoms with Gasteiger partial charge in [-0.25, -0.2) is 24.0 Å². The van der Waals surface area contributed by atoms with Crippen LogP contribution in [0.2, 0.25) is 0 Å². The monoisotopic (exact) mass is 413 g/mol. The predicted octanol–water partition coefficient (Wildman–Crippen LogP) is 4.36. The van der Waals surface area contributed by atoms with Gasteiger partial charge in [-0.2, -0.15) is 5.10 Å². The van der Waals surface area contributed by atoms with Crippen LogP contribution in [0.4, 0.5) is 10.2 Å². The van der Waals surface area contributed by atoms with Crippen LogP contribution in [-0.4, -0.2) is 29.7 Å². The highest BCUT2D eigenvalue weighted by Crippen LogP contribution is 2.29. The zero-order valence-electron chi connectivity index (χ0n) is 15.8. The van der Waals surface area contributed by atoms with Crippen LogP contribution in [-0.2, 0) is 6.54 Å². The minimum absolute atomic E-state index is 0. The molecule has 0 bridgehead atoms. The molecule has 2 N–H and O–H groups in total. The van der Waals surface area contributed by atoms with E-state index in [4.69, 9.17) is 5.73 Å². The lowest BCUT2D eigenvalue weighted by Crippen LogP contribution is -2.05. The van der Waals surface area contributed by atoms with Crippen LogP contribution in [0.3, 0.4) is 0 Å². The predicted molar refractivity (Wildman–Crippen MR) is 118 cm³/mol.